The molecule has 0 aromatic heterocycles. The fraction of sp³-hybridized carbons (Fsp3) is 0.143. The van der Waals surface area contributed by atoms with Gasteiger partial charge in [-0.25, -0.2) is 0 Å². The monoisotopic (exact) mass is 300 g/mol. The summed E-state index contributed by atoms with van der Waals surface area (Å²) in [5, 5.41) is 1.52. The van der Waals surface area contributed by atoms with Crippen LogP contribution < -0.4 is 5.19 Å². The Hall–Kier alpha value is -2.12. The molecule has 3 aliphatic carbocycles. The normalized spacial score (nSPS) is 19.0. The van der Waals surface area contributed by atoms with Crippen molar-refractivity contribution in [2.45, 2.75) is 19.3 Å². The van der Waals surface area contributed by atoms with Gasteiger partial charge in [0, 0.05) is 10.2 Å². The zero-order valence-corrected chi connectivity index (χ0v) is 15.0. The highest BCUT2D eigenvalue weighted by molar-refractivity contribution is 6.35. The Kier molecular flexibility index (Phi) is 3.43. The lowest BCUT2D eigenvalue weighted by atomic mass is 9.86. The van der Waals surface area contributed by atoms with E-state index in [1.165, 1.54) is 38.6 Å². The van der Waals surface area contributed by atoms with Gasteiger partial charge in [0.05, 0.1) is 0 Å². The molecule has 0 unspecified atom stereocenters. The Morgan fingerprint density at radius 3 is 1.73 bits per heavy atom. The zero-order chi connectivity index (χ0) is 14.9. The smallest absolute Gasteiger partial charge is 0.0393 e. The van der Waals surface area contributed by atoms with Crippen molar-refractivity contribution in [2.24, 2.45) is 0 Å². The third-order valence-electron chi connectivity index (χ3n) is 4.72. The summed E-state index contributed by atoms with van der Waals surface area (Å²) < 4.78 is 0. The van der Waals surface area contributed by atoms with Gasteiger partial charge in [-0.05, 0) is 52.7 Å². The molecule has 0 saturated carbocycles. The van der Waals surface area contributed by atoms with Crippen LogP contribution in [0.25, 0.3) is 16.7 Å². The zero-order valence-electron chi connectivity index (χ0n) is 13.0. The number of benzene rings is 1. The molecule has 0 N–H and O–H groups in total. The molecule has 0 spiro atoms. The van der Waals surface area contributed by atoms with Gasteiger partial charge in [0.1, 0.15) is 0 Å². The van der Waals surface area contributed by atoms with Crippen LogP contribution in [-0.4, -0.2) is 10.2 Å². The third kappa shape index (κ3) is 2.22. The molecular weight excluding hydrogens is 280 g/mol. The van der Waals surface area contributed by atoms with Crippen molar-refractivity contribution in [3.63, 3.8) is 0 Å². The quantitative estimate of drug-likeness (QED) is 0.747. The summed E-state index contributed by atoms with van der Waals surface area (Å²) in [5.41, 5.74) is 8.85. The average Bonchev–Trinajstić information content (AvgIpc) is 3.28. The lowest BCUT2D eigenvalue weighted by Crippen LogP contribution is -2.14. The molecule has 0 nitrogen and oxygen atoms in total. The Labute approximate surface area is 135 Å². The van der Waals surface area contributed by atoms with Gasteiger partial charge in [0.2, 0.25) is 0 Å². The molecule has 3 aliphatic rings. The largest absolute Gasteiger partial charge is 0.0801 e. The minimum atomic E-state index is 1.06. The molecule has 1 aromatic carbocycles. The molecule has 0 atom stereocenters. The van der Waals surface area contributed by atoms with Crippen molar-refractivity contribution < 1.29 is 0 Å². The van der Waals surface area contributed by atoms with Gasteiger partial charge in [-0.1, -0.05) is 72.0 Å². The van der Waals surface area contributed by atoms with Gasteiger partial charge in [-0.3, -0.25) is 0 Å². The fourth-order valence-corrected chi connectivity index (χ4v) is 4.37. The first kappa shape index (κ1) is 13.5. The van der Waals surface area contributed by atoms with Gasteiger partial charge in [0.15, 0.2) is 0 Å². The third-order valence-corrected chi connectivity index (χ3v) is 5.55. The summed E-state index contributed by atoms with van der Waals surface area (Å²) >= 11 is 0. The number of hydrogen-bond acceptors (Lipinski definition) is 0. The standard InChI is InChI=1S/C21H20Si/c22-19-14-13-18(15-7-1-2-8-15)20(16-9-3-4-10-16)21(19)17-11-5-6-12-17/h1-7,9,11,13-14H,8,10,12H2,22H3. The van der Waals surface area contributed by atoms with E-state index < -0.39 is 0 Å². The first-order valence-corrected chi connectivity index (χ1v) is 9.06. The van der Waals surface area contributed by atoms with Crippen LogP contribution in [0.15, 0.2) is 66.8 Å². The van der Waals surface area contributed by atoms with Crippen LogP contribution in [0.3, 0.4) is 0 Å². The Balaban J connectivity index is 1.94. The molecule has 0 fully saturated rings. The van der Waals surface area contributed by atoms with E-state index in [4.69, 9.17) is 0 Å². The molecule has 0 bridgehead atoms. The number of allylic oxidation sites excluding steroid dienone is 12. The lowest BCUT2D eigenvalue weighted by Gasteiger charge is -2.20. The summed E-state index contributed by atoms with van der Waals surface area (Å²) in [7, 11) is 1.09. The van der Waals surface area contributed by atoms with Gasteiger partial charge in [0.25, 0.3) is 0 Å². The topological polar surface area (TPSA) is 0 Å². The molecule has 0 amide bonds. The second-order valence-electron chi connectivity index (χ2n) is 6.15. The van der Waals surface area contributed by atoms with E-state index in [9.17, 15) is 0 Å². The summed E-state index contributed by atoms with van der Waals surface area (Å²) in [6.45, 7) is 0. The molecule has 0 aliphatic heterocycles. The Morgan fingerprint density at radius 1 is 0.636 bits per heavy atom. The molecule has 4 rings (SSSR count). The van der Waals surface area contributed by atoms with E-state index in [1.54, 1.807) is 0 Å². The highest BCUT2D eigenvalue weighted by Gasteiger charge is 2.20. The number of hydrogen-bond donors (Lipinski definition) is 0. The molecule has 108 valence electrons. The van der Waals surface area contributed by atoms with Crippen LogP contribution in [0, 0.1) is 0 Å². The van der Waals surface area contributed by atoms with Crippen LogP contribution >= 0.6 is 0 Å². The predicted octanol–water partition coefficient (Wildman–Crippen LogP) is 3.71. The fourth-order valence-electron chi connectivity index (χ4n) is 3.63. The molecule has 1 aromatic rings. The van der Waals surface area contributed by atoms with Crippen molar-refractivity contribution in [1.82, 2.24) is 0 Å². The van der Waals surface area contributed by atoms with Crippen LogP contribution in [0.5, 0.6) is 0 Å². The van der Waals surface area contributed by atoms with Crippen molar-refractivity contribution >= 4 is 32.1 Å². The average molecular weight is 300 g/mol. The van der Waals surface area contributed by atoms with E-state index in [2.05, 4.69) is 66.8 Å². The van der Waals surface area contributed by atoms with E-state index in [-0.39, 0.29) is 0 Å². The maximum absolute atomic E-state index is 2.35. The molecular formula is C21H20Si. The minimum Gasteiger partial charge on any atom is -0.0801 e. The lowest BCUT2D eigenvalue weighted by molar-refractivity contribution is 1.34. The summed E-state index contributed by atoms with van der Waals surface area (Å²) in [4.78, 5) is 0. The molecule has 0 radical (unpaired) electrons. The van der Waals surface area contributed by atoms with Crippen molar-refractivity contribution in [3.8, 4) is 0 Å². The molecule has 1 heteroatoms. The maximum atomic E-state index is 2.35. The SMILES string of the molecule is [SiH3]c1ccc(C2=CC=CC2)c(C2=CC=CC2)c1C1=CC=CC1. The van der Waals surface area contributed by atoms with E-state index >= 15 is 0 Å². The summed E-state index contributed by atoms with van der Waals surface area (Å²) in [5.74, 6) is 0. The van der Waals surface area contributed by atoms with Crippen LogP contribution in [-0.2, 0) is 0 Å². The van der Waals surface area contributed by atoms with E-state index in [1.807, 2.05) is 0 Å². The Bertz CT molecular complexity index is 811. The van der Waals surface area contributed by atoms with Gasteiger partial charge in [-0.2, -0.15) is 0 Å². The van der Waals surface area contributed by atoms with Crippen molar-refractivity contribution in [1.29, 1.82) is 0 Å². The highest BCUT2D eigenvalue weighted by Crippen LogP contribution is 2.38. The van der Waals surface area contributed by atoms with Crippen molar-refractivity contribution in [3.05, 3.63) is 83.5 Å². The van der Waals surface area contributed by atoms with Crippen LogP contribution in [0.4, 0.5) is 0 Å². The molecule has 22 heavy (non-hydrogen) atoms. The van der Waals surface area contributed by atoms with E-state index in [0.717, 1.165) is 29.5 Å². The molecule has 0 heterocycles. The Morgan fingerprint density at radius 2 is 1.18 bits per heavy atom. The van der Waals surface area contributed by atoms with Crippen LogP contribution in [0.2, 0.25) is 0 Å². The highest BCUT2D eigenvalue weighted by atomic mass is 28.1. The van der Waals surface area contributed by atoms with E-state index in [0.29, 0.717) is 0 Å². The first-order valence-electron chi connectivity index (χ1n) is 8.06. The van der Waals surface area contributed by atoms with Gasteiger partial charge < -0.3 is 0 Å². The predicted molar refractivity (Wildman–Crippen MR) is 101 cm³/mol. The first-order chi connectivity index (χ1) is 10.8. The van der Waals surface area contributed by atoms with Gasteiger partial charge in [-0.15, -0.1) is 0 Å². The second kappa shape index (κ2) is 5.58. The summed E-state index contributed by atoms with van der Waals surface area (Å²) in [6, 6.07) is 4.70. The van der Waals surface area contributed by atoms with Crippen molar-refractivity contribution in [2.75, 3.05) is 0 Å². The minimum absolute atomic E-state index is 1.06. The van der Waals surface area contributed by atoms with Gasteiger partial charge >= 0.3 is 0 Å². The summed E-state index contributed by atoms with van der Waals surface area (Å²) in [6.07, 6.45) is 23.4. The maximum Gasteiger partial charge on any atom is 0.0393 e. The molecule has 0 saturated heterocycles. The number of rotatable bonds is 3. The second-order valence-corrected chi connectivity index (χ2v) is 7.23. The van der Waals surface area contributed by atoms with Crippen LogP contribution in [0.1, 0.15) is 36.0 Å².